The number of halogens is 2. The number of aromatic nitrogens is 1. The average Bonchev–Trinajstić information content (AvgIpc) is 2.25. The zero-order valence-corrected chi connectivity index (χ0v) is 7.58. The molecule has 1 radical (unpaired) electrons. The molecule has 1 aromatic carbocycles. The van der Waals surface area contributed by atoms with E-state index in [1.165, 1.54) is 18.3 Å². The van der Waals surface area contributed by atoms with E-state index in [1.807, 2.05) is 0 Å². The topological polar surface area (TPSA) is 22.1 Å². The first kappa shape index (κ1) is 9.58. The van der Waals surface area contributed by atoms with E-state index < -0.39 is 11.6 Å². The first-order valence-electron chi connectivity index (χ1n) is 4.21. The van der Waals surface area contributed by atoms with E-state index in [2.05, 4.69) is 11.1 Å². The minimum absolute atomic E-state index is 0.195. The van der Waals surface area contributed by atoms with Crippen LogP contribution in [-0.4, -0.2) is 4.98 Å². The molecular weight excluding hydrogens is 200 g/mol. The Morgan fingerprint density at radius 3 is 2.73 bits per heavy atom. The Kier molecular flexibility index (Phi) is 2.58. The summed E-state index contributed by atoms with van der Waals surface area (Å²) in [7, 11) is 0. The molecule has 2 aromatic rings. The largest absolute Gasteiger partial charge is 0.439 e. The maximum Gasteiger partial charge on any atom is 0.219 e. The van der Waals surface area contributed by atoms with Crippen LogP contribution in [-0.2, 0) is 0 Å². The van der Waals surface area contributed by atoms with Gasteiger partial charge in [0.1, 0.15) is 5.75 Å². The molecule has 0 atom stereocenters. The molecule has 0 aliphatic rings. The van der Waals surface area contributed by atoms with Crippen LogP contribution in [0, 0.1) is 17.7 Å². The summed E-state index contributed by atoms with van der Waals surface area (Å²) in [5.74, 6) is -1.38. The predicted molar refractivity (Wildman–Crippen MR) is 49.5 cm³/mol. The Bertz CT molecular complexity index is 459. The second-order valence-electron chi connectivity index (χ2n) is 2.77. The number of pyridine rings is 1. The molecule has 0 fully saturated rings. The number of benzene rings is 1. The third-order valence-electron chi connectivity index (χ3n) is 1.69. The first-order valence-corrected chi connectivity index (χ1v) is 4.21. The van der Waals surface area contributed by atoms with Gasteiger partial charge in [0.25, 0.3) is 0 Å². The Hall–Kier alpha value is -1.97. The minimum Gasteiger partial charge on any atom is -0.439 e. The molecule has 1 aromatic heterocycles. The van der Waals surface area contributed by atoms with Gasteiger partial charge in [0, 0.05) is 18.3 Å². The van der Waals surface area contributed by atoms with Crippen molar-refractivity contribution in [1.29, 1.82) is 0 Å². The van der Waals surface area contributed by atoms with Gasteiger partial charge in [0.15, 0.2) is 11.6 Å². The lowest BCUT2D eigenvalue weighted by atomic mass is 10.3. The van der Waals surface area contributed by atoms with Crippen LogP contribution in [0.1, 0.15) is 0 Å². The molecule has 0 aliphatic heterocycles. The highest BCUT2D eigenvalue weighted by atomic mass is 19.2. The van der Waals surface area contributed by atoms with E-state index in [0.29, 0.717) is 0 Å². The van der Waals surface area contributed by atoms with Crippen molar-refractivity contribution in [3.05, 3.63) is 54.2 Å². The van der Waals surface area contributed by atoms with Crippen molar-refractivity contribution in [2.45, 2.75) is 0 Å². The van der Waals surface area contributed by atoms with Gasteiger partial charge in [-0.2, -0.15) is 0 Å². The molecule has 0 bridgehead atoms. The summed E-state index contributed by atoms with van der Waals surface area (Å²) in [4.78, 5) is 3.86. The van der Waals surface area contributed by atoms with E-state index in [1.54, 1.807) is 6.07 Å². The molecule has 0 saturated heterocycles. The van der Waals surface area contributed by atoms with Crippen LogP contribution in [0.5, 0.6) is 11.6 Å². The van der Waals surface area contributed by atoms with Gasteiger partial charge in [-0.05, 0) is 24.3 Å². The molecule has 0 N–H and O–H groups in total. The van der Waals surface area contributed by atoms with E-state index in [9.17, 15) is 8.78 Å². The van der Waals surface area contributed by atoms with E-state index >= 15 is 0 Å². The van der Waals surface area contributed by atoms with Gasteiger partial charge >= 0.3 is 0 Å². The van der Waals surface area contributed by atoms with Gasteiger partial charge in [-0.3, -0.25) is 0 Å². The molecule has 2 rings (SSSR count). The van der Waals surface area contributed by atoms with E-state index in [4.69, 9.17) is 4.74 Å². The second kappa shape index (κ2) is 4.04. The maximum atomic E-state index is 12.8. The summed E-state index contributed by atoms with van der Waals surface area (Å²) >= 11 is 0. The molecule has 0 aliphatic carbocycles. The van der Waals surface area contributed by atoms with Gasteiger partial charge in [0.2, 0.25) is 5.88 Å². The van der Waals surface area contributed by atoms with Crippen LogP contribution in [0.3, 0.4) is 0 Å². The molecule has 0 amide bonds. The Balaban J connectivity index is 2.22. The van der Waals surface area contributed by atoms with Crippen molar-refractivity contribution in [2.24, 2.45) is 0 Å². The quantitative estimate of drug-likeness (QED) is 0.753. The molecule has 2 nitrogen and oxygen atoms in total. The van der Waals surface area contributed by atoms with Crippen molar-refractivity contribution in [3.8, 4) is 11.6 Å². The SMILES string of the molecule is Fc1ccc(Oc2c[c]ccn2)cc1F. The summed E-state index contributed by atoms with van der Waals surface area (Å²) in [6, 6.07) is 9.15. The number of hydrogen-bond donors (Lipinski definition) is 0. The first-order chi connectivity index (χ1) is 7.25. The van der Waals surface area contributed by atoms with Crippen LogP contribution in [0.4, 0.5) is 8.78 Å². The summed E-state index contributed by atoms with van der Waals surface area (Å²) in [5.41, 5.74) is 0. The fourth-order valence-electron chi connectivity index (χ4n) is 1.03. The third-order valence-corrected chi connectivity index (χ3v) is 1.69. The smallest absolute Gasteiger partial charge is 0.219 e. The fraction of sp³-hybridized carbons (Fsp3) is 0. The Labute approximate surface area is 85.2 Å². The molecule has 4 heteroatoms. The van der Waals surface area contributed by atoms with Crippen molar-refractivity contribution >= 4 is 0 Å². The van der Waals surface area contributed by atoms with Gasteiger partial charge in [0.05, 0.1) is 0 Å². The molecule has 0 saturated carbocycles. The van der Waals surface area contributed by atoms with Crippen LogP contribution >= 0.6 is 0 Å². The van der Waals surface area contributed by atoms with Gasteiger partial charge in [-0.15, -0.1) is 0 Å². The monoisotopic (exact) mass is 206 g/mol. The van der Waals surface area contributed by atoms with Crippen LogP contribution < -0.4 is 4.74 Å². The predicted octanol–water partition coefficient (Wildman–Crippen LogP) is 2.95. The van der Waals surface area contributed by atoms with Gasteiger partial charge < -0.3 is 4.74 Å². The standard InChI is InChI=1S/C11H6F2NO/c12-9-5-4-8(7-10(9)13)15-11-3-1-2-6-14-11/h2-7H. The highest BCUT2D eigenvalue weighted by molar-refractivity contribution is 5.27. The van der Waals surface area contributed by atoms with Crippen molar-refractivity contribution < 1.29 is 13.5 Å². The highest BCUT2D eigenvalue weighted by Crippen LogP contribution is 2.20. The van der Waals surface area contributed by atoms with Gasteiger partial charge in [-0.25, -0.2) is 13.8 Å². The number of rotatable bonds is 2. The van der Waals surface area contributed by atoms with Crippen molar-refractivity contribution in [3.63, 3.8) is 0 Å². The normalized spacial score (nSPS) is 10.0. The zero-order chi connectivity index (χ0) is 10.7. The molecular formula is C11H6F2NO. The Morgan fingerprint density at radius 2 is 2.07 bits per heavy atom. The Morgan fingerprint density at radius 1 is 1.20 bits per heavy atom. The zero-order valence-electron chi connectivity index (χ0n) is 7.58. The average molecular weight is 206 g/mol. The molecule has 0 spiro atoms. The maximum absolute atomic E-state index is 12.8. The summed E-state index contributed by atoms with van der Waals surface area (Å²) in [6.07, 6.45) is 1.50. The molecule has 0 unspecified atom stereocenters. The summed E-state index contributed by atoms with van der Waals surface area (Å²) in [6.45, 7) is 0. The summed E-state index contributed by atoms with van der Waals surface area (Å²) in [5, 5.41) is 0. The van der Waals surface area contributed by atoms with Crippen molar-refractivity contribution in [2.75, 3.05) is 0 Å². The fourth-order valence-corrected chi connectivity index (χ4v) is 1.03. The number of ether oxygens (including phenoxy) is 1. The lowest BCUT2D eigenvalue weighted by Crippen LogP contribution is -1.89. The third kappa shape index (κ3) is 2.28. The van der Waals surface area contributed by atoms with Crippen LogP contribution in [0.2, 0.25) is 0 Å². The molecule has 15 heavy (non-hydrogen) atoms. The van der Waals surface area contributed by atoms with Crippen LogP contribution in [0.15, 0.2) is 36.5 Å². The second-order valence-corrected chi connectivity index (χ2v) is 2.77. The van der Waals surface area contributed by atoms with E-state index in [-0.39, 0.29) is 11.6 Å². The van der Waals surface area contributed by atoms with Crippen molar-refractivity contribution in [1.82, 2.24) is 4.98 Å². The number of nitrogens with zero attached hydrogens (tertiary/aromatic N) is 1. The van der Waals surface area contributed by atoms with Crippen LogP contribution in [0.25, 0.3) is 0 Å². The molecule has 75 valence electrons. The lowest BCUT2D eigenvalue weighted by Gasteiger charge is -2.03. The molecule has 1 heterocycles. The van der Waals surface area contributed by atoms with Gasteiger partial charge in [-0.1, -0.05) is 0 Å². The lowest BCUT2D eigenvalue weighted by molar-refractivity contribution is 0.447. The number of hydrogen-bond acceptors (Lipinski definition) is 2. The highest BCUT2D eigenvalue weighted by Gasteiger charge is 2.04. The van der Waals surface area contributed by atoms with E-state index in [0.717, 1.165) is 12.1 Å². The minimum atomic E-state index is -0.951. The summed E-state index contributed by atoms with van der Waals surface area (Å²) < 4.78 is 30.5.